The predicted molar refractivity (Wildman–Crippen MR) is 76.1 cm³/mol. The number of nitrogens with zero attached hydrogens (tertiary/aromatic N) is 2. The van der Waals surface area contributed by atoms with Crippen LogP contribution in [0.1, 0.15) is 32.3 Å². The summed E-state index contributed by atoms with van der Waals surface area (Å²) in [5.41, 5.74) is 0.809. The fourth-order valence-electron chi connectivity index (χ4n) is 2.58. The molecule has 0 bridgehead atoms. The molecule has 0 saturated carbocycles. The van der Waals surface area contributed by atoms with Gasteiger partial charge in [0.2, 0.25) is 0 Å². The molecular formula is C15H20N2O2. The van der Waals surface area contributed by atoms with E-state index in [0.29, 0.717) is 6.04 Å². The number of rotatable bonds is 3. The second kappa shape index (κ2) is 5.87. The van der Waals surface area contributed by atoms with Crippen molar-refractivity contribution in [1.82, 2.24) is 4.98 Å². The molecule has 1 aromatic heterocycles. The van der Waals surface area contributed by atoms with Crippen LogP contribution in [-0.2, 0) is 4.79 Å². The first kappa shape index (κ1) is 13.6. The topological polar surface area (TPSA) is 53.4 Å². The average molecular weight is 260 g/mol. The number of hydrogen-bond acceptors (Lipinski definition) is 3. The minimum atomic E-state index is -0.942. The van der Waals surface area contributed by atoms with Crippen LogP contribution >= 0.6 is 0 Å². The normalized spacial score (nSPS) is 23.8. The highest BCUT2D eigenvalue weighted by molar-refractivity contribution is 5.85. The lowest BCUT2D eigenvalue weighted by atomic mass is 9.93. The highest BCUT2D eigenvalue weighted by atomic mass is 16.4. The summed E-state index contributed by atoms with van der Waals surface area (Å²) in [4.78, 5) is 17.2. The van der Waals surface area contributed by atoms with E-state index in [4.69, 9.17) is 5.11 Å². The van der Waals surface area contributed by atoms with Crippen LogP contribution in [-0.4, -0.2) is 28.6 Å². The lowest BCUT2D eigenvalue weighted by Gasteiger charge is -2.37. The molecule has 0 spiro atoms. The number of hydrogen-bond donors (Lipinski definition) is 1. The number of anilines is 1. The number of aromatic nitrogens is 1. The van der Waals surface area contributed by atoms with Gasteiger partial charge in [-0.05, 0) is 49.5 Å². The van der Waals surface area contributed by atoms with E-state index in [9.17, 15) is 4.79 Å². The lowest BCUT2D eigenvalue weighted by molar-refractivity contribution is -0.131. The fraction of sp³-hybridized carbons (Fsp3) is 0.467. The van der Waals surface area contributed by atoms with E-state index in [2.05, 4.69) is 23.7 Å². The molecular weight excluding hydrogens is 240 g/mol. The minimum Gasteiger partial charge on any atom is -0.478 e. The first-order valence-electron chi connectivity index (χ1n) is 6.70. The van der Waals surface area contributed by atoms with Gasteiger partial charge in [0.1, 0.15) is 5.82 Å². The quantitative estimate of drug-likeness (QED) is 0.849. The summed E-state index contributed by atoms with van der Waals surface area (Å²) in [6, 6.07) is 4.39. The van der Waals surface area contributed by atoms with Crippen molar-refractivity contribution in [1.29, 1.82) is 0 Å². The van der Waals surface area contributed by atoms with Gasteiger partial charge in [-0.2, -0.15) is 0 Å². The van der Waals surface area contributed by atoms with Gasteiger partial charge in [-0.1, -0.05) is 6.92 Å². The SMILES string of the molecule is CC1CCN(c2ccc(/C=C/C(=O)O)cn2)C(C)C1. The third kappa shape index (κ3) is 3.56. The van der Waals surface area contributed by atoms with E-state index in [1.807, 2.05) is 12.1 Å². The van der Waals surface area contributed by atoms with Gasteiger partial charge in [0, 0.05) is 24.9 Å². The highest BCUT2D eigenvalue weighted by Gasteiger charge is 2.23. The second-order valence-corrected chi connectivity index (χ2v) is 5.29. The minimum absolute atomic E-state index is 0.511. The monoisotopic (exact) mass is 260 g/mol. The molecule has 2 heterocycles. The van der Waals surface area contributed by atoms with Crippen LogP contribution in [0.5, 0.6) is 0 Å². The van der Waals surface area contributed by atoms with E-state index in [-0.39, 0.29) is 0 Å². The zero-order valence-electron chi connectivity index (χ0n) is 11.4. The number of carboxylic acid groups (broad SMARTS) is 1. The molecule has 1 saturated heterocycles. The van der Waals surface area contributed by atoms with Gasteiger partial charge in [0.05, 0.1) is 0 Å². The van der Waals surface area contributed by atoms with Crippen molar-refractivity contribution in [3.05, 3.63) is 30.0 Å². The molecule has 0 radical (unpaired) electrons. The third-order valence-corrected chi connectivity index (χ3v) is 3.62. The van der Waals surface area contributed by atoms with E-state index in [1.54, 1.807) is 12.3 Å². The third-order valence-electron chi connectivity index (χ3n) is 3.62. The summed E-state index contributed by atoms with van der Waals surface area (Å²) in [6.07, 6.45) is 6.80. The molecule has 1 N–H and O–H groups in total. The molecule has 19 heavy (non-hydrogen) atoms. The van der Waals surface area contributed by atoms with Crippen molar-refractivity contribution in [3.63, 3.8) is 0 Å². The van der Waals surface area contributed by atoms with Gasteiger partial charge in [-0.15, -0.1) is 0 Å². The van der Waals surface area contributed by atoms with E-state index >= 15 is 0 Å². The van der Waals surface area contributed by atoms with Gasteiger partial charge in [-0.25, -0.2) is 9.78 Å². The standard InChI is InChI=1S/C15H20N2O2/c1-11-7-8-17(12(2)9-11)14-5-3-13(10-16-14)4-6-15(18)19/h3-6,10-12H,7-9H2,1-2H3,(H,18,19)/b6-4+. The molecule has 0 aliphatic carbocycles. The zero-order chi connectivity index (χ0) is 13.8. The molecule has 0 amide bonds. The Kier molecular flexibility index (Phi) is 4.20. The maximum absolute atomic E-state index is 10.4. The molecule has 0 aromatic carbocycles. The van der Waals surface area contributed by atoms with Crippen LogP contribution in [0.25, 0.3) is 6.08 Å². The maximum atomic E-state index is 10.4. The Morgan fingerprint density at radius 3 is 2.84 bits per heavy atom. The Balaban J connectivity index is 2.08. The van der Waals surface area contributed by atoms with Crippen molar-refractivity contribution in [2.45, 2.75) is 32.7 Å². The molecule has 2 unspecified atom stereocenters. The van der Waals surface area contributed by atoms with Gasteiger partial charge < -0.3 is 10.0 Å². The summed E-state index contributed by atoms with van der Waals surface area (Å²) >= 11 is 0. The highest BCUT2D eigenvalue weighted by Crippen LogP contribution is 2.26. The molecule has 1 aliphatic heterocycles. The van der Waals surface area contributed by atoms with Crippen molar-refractivity contribution >= 4 is 17.9 Å². The van der Waals surface area contributed by atoms with Gasteiger partial charge >= 0.3 is 5.97 Å². The summed E-state index contributed by atoms with van der Waals surface area (Å²) in [6.45, 7) is 5.57. The zero-order valence-corrected chi connectivity index (χ0v) is 11.4. The fourth-order valence-corrected chi connectivity index (χ4v) is 2.58. The molecule has 4 heteroatoms. The van der Waals surface area contributed by atoms with Crippen LogP contribution in [0.15, 0.2) is 24.4 Å². The summed E-state index contributed by atoms with van der Waals surface area (Å²) in [7, 11) is 0. The van der Waals surface area contributed by atoms with Crippen LogP contribution in [0.2, 0.25) is 0 Å². The molecule has 2 atom stereocenters. The maximum Gasteiger partial charge on any atom is 0.328 e. The van der Waals surface area contributed by atoms with Crippen molar-refractivity contribution < 1.29 is 9.90 Å². The number of carboxylic acids is 1. The Morgan fingerprint density at radius 1 is 1.47 bits per heavy atom. The van der Waals surface area contributed by atoms with Gasteiger partial charge in [0.15, 0.2) is 0 Å². The van der Waals surface area contributed by atoms with Crippen LogP contribution in [0.3, 0.4) is 0 Å². The van der Waals surface area contributed by atoms with Crippen LogP contribution in [0.4, 0.5) is 5.82 Å². The molecule has 4 nitrogen and oxygen atoms in total. The van der Waals surface area contributed by atoms with Crippen molar-refractivity contribution in [2.75, 3.05) is 11.4 Å². The van der Waals surface area contributed by atoms with Crippen molar-refractivity contribution in [3.8, 4) is 0 Å². The van der Waals surface area contributed by atoms with Crippen LogP contribution in [0, 0.1) is 5.92 Å². The summed E-state index contributed by atoms with van der Waals surface area (Å²) in [5, 5.41) is 8.58. The average Bonchev–Trinajstić information content (AvgIpc) is 2.37. The first-order chi connectivity index (χ1) is 9.06. The Hall–Kier alpha value is -1.84. The van der Waals surface area contributed by atoms with Crippen LogP contribution < -0.4 is 4.90 Å². The first-order valence-corrected chi connectivity index (χ1v) is 6.70. The summed E-state index contributed by atoms with van der Waals surface area (Å²) in [5.74, 6) is 0.818. The van der Waals surface area contributed by atoms with E-state index < -0.39 is 5.97 Å². The second-order valence-electron chi connectivity index (χ2n) is 5.29. The number of carbonyl (C=O) groups is 1. The number of piperidine rings is 1. The molecule has 1 fully saturated rings. The van der Waals surface area contributed by atoms with E-state index in [0.717, 1.165) is 29.9 Å². The van der Waals surface area contributed by atoms with Gasteiger partial charge in [0.25, 0.3) is 0 Å². The molecule has 1 aromatic rings. The molecule has 1 aliphatic rings. The number of aliphatic carboxylic acids is 1. The molecule has 2 rings (SSSR count). The summed E-state index contributed by atoms with van der Waals surface area (Å²) < 4.78 is 0. The Labute approximate surface area is 113 Å². The molecule has 102 valence electrons. The Bertz CT molecular complexity index is 468. The predicted octanol–water partition coefficient (Wildman–Crippen LogP) is 2.80. The lowest BCUT2D eigenvalue weighted by Crippen LogP contribution is -2.40. The largest absolute Gasteiger partial charge is 0.478 e. The Morgan fingerprint density at radius 2 is 2.26 bits per heavy atom. The number of pyridine rings is 1. The van der Waals surface area contributed by atoms with Crippen molar-refractivity contribution in [2.24, 2.45) is 5.92 Å². The van der Waals surface area contributed by atoms with Gasteiger partial charge in [-0.3, -0.25) is 0 Å². The smallest absolute Gasteiger partial charge is 0.328 e. The van der Waals surface area contributed by atoms with E-state index in [1.165, 1.54) is 12.8 Å².